The molecule has 0 spiro atoms. The van der Waals surface area contributed by atoms with Crippen LogP contribution in [-0.4, -0.2) is 23.2 Å². The molecule has 0 aliphatic heterocycles. The molecule has 0 saturated carbocycles. The van der Waals surface area contributed by atoms with Crippen molar-refractivity contribution in [2.45, 2.75) is 23.5 Å². The third kappa shape index (κ3) is 3.76. The maximum absolute atomic E-state index is 5.67. The Labute approximate surface area is 94.0 Å². The molecule has 0 saturated heterocycles. The zero-order valence-electron chi connectivity index (χ0n) is 8.37. The highest BCUT2D eigenvalue weighted by Gasteiger charge is 2.04. The van der Waals surface area contributed by atoms with E-state index in [0.29, 0.717) is 17.0 Å². The molecule has 4 heteroatoms. The van der Waals surface area contributed by atoms with Gasteiger partial charge in [0.05, 0.1) is 7.11 Å². The minimum absolute atomic E-state index is 0.527. The minimum atomic E-state index is 0.527. The summed E-state index contributed by atoms with van der Waals surface area (Å²) in [6.07, 6.45) is 2.77. The van der Waals surface area contributed by atoms with E-state index in [9.17, 15) is 0 Å². The standard InChI is InChI=1S/C10H14ClNOS/c1-8(3-5-11)14-9-4-6-12-10(7-9)13-2/h4,6-8H,3,5H2,1-2H3. The highest BCUT2D eigenvalue weighted by atomic mass is 35.5. The number of hydrogen-bond donors (Lipinski definition) is 0. The van der Waals surface area contributed by atoms with Crippen LogP contribution >= 0.6 is 23.4 Å². The van der Waals surface area contributed by atoms with E-state index in [1.54, 1.807) is 25.1 Å². The zero-order chi connectivity index (χ0) is 10.4. The van der Waals surface area contributed by atoms with E-state index in [4.69, 9.17) is 16.3 Å². The van der Waals surface area contributed by atoms with Gasteiger partial charge in [0.2, 0.25) is 5.88 Å². The zero-order valence-corrected chi connectivity index (χ0v) is 9.94. The van der Waals surface area contributed by atoms with Crippen LogP contribution in [0, 0.1) is 0 Å². The van der Waals surface area contributed by atoms with Crippen molar-refractivity contribution in [3.8, 4) is 5.88 Å². The number of rotatable bonds is 5. The molecule has 1 aromatic rings. The highest BCUT2D eigenvalue weighted by molar-refractivity contribution is 7.99. The average molecular weight is 232 g/mol. The molecule has 0 amide bonds. The van der Waals surface area contributed by atoms with E-state index >= 15 is 0 Å². The molecule has 1 rings (SSSR count). The summed E-state index contributed by atoms with van der Waals surface area (Å²) >= 11 is 7.46. The molecular formula is C10H14ClNOS. The summed E-state index contributed by atoms with van der Waals surface area (Å²) in [7, 11) is 1.62. The first-order chi connectivity index (χ1) is 6.76. The molecule has 0 aliphatic rings. The summed E-state index contributed by atoms with van der Waals surface area (Å²) in [5.41, 5.74) is 0. The molecule has 0 aliphatic carbocycles. The number of aromatic nitrogens is 1. The van der Waals surface area contributed by atoms with Gasteiger partial charge in [0.15, 0.2) is 0 Å². The van der Waals surface area contributed by atoms with Crippen LogP contribution in [0.4, 0.5) is 0 Å². The molecule has 1 atom stereocenters. The van der Waals surface area contributed by atoms with E-state index in [-0.39, 0.29) is 0 Å². The van der Waals surface area contributed by atoms with Gasteiger partial charge in [0.25, 0.3) is 0 Å². The Hall–Kier alpha value is -0.410. The van der Waals surface area contributed by atoms with Crippen LogP contribution in [-0.2, 0) is 0 Å². The number of pyridine rings is 1. The second-order valence-corrected chi connectivity index (χ2v) is 4.83. The van der Waals surface area contributed by atoms with Gasteiger partial charge >= 0.3 is 0 Å². The Bertz CT molecular complexity index is 283. The fourth-order valence-electron chi connectivity index (χ4n) is 1.02. The Morgan fingerprint density at radius 1 is 1.64 bits per heavy atom. The van der Waals surface area contributed by atoms with Crippen molar-refractivity contribution in [1.82, 2.24) is 4.98 Å². The van der Waals surface area contributed by atoms with E-state index in [0.717, 1.165) is 6.42 Å². The van der Waals surface area contributed by atoms with Gasteiger partial charge in [-0.25, -0.2) is 4.98 Å². The van der Waals surface area contributed by atoms with Gasteiger partial charge in [-0.1, -0.05) is 6.92 Å². The fourth-order valence-corrected chi connectivity index (χ4v) is 2.49. The van der Waals surface area contributed by atoms with Crippen molar-refractivity contribution in [3.63, 3.8) is 0 Å². The van der Waals surface area contributed by atoms with Crippen LogP contribution in [0.25, 0.3) is 0 Å². The van der Waals surface area contributed by atoms with Crippen LogP contribution < -0.4 is 4.74 Å². The van der Waals surface area contributed by atoms with Crippen LogP contribution in [0.5, 0.6) is 5.88 Å². The molecule has 0 bridgehead atoms. The van der Waals surface area contributed by atoms with Crippen LogP contribution in [0.2, 0.25) is 0 Å². The second-order valence-electron chi connectivity index (χ2n) is 2.94. The quantitative estimate of drug-likeness (QED) is 0.574. The third-order valence-corrected chi connectivity index (χ3v) is 3.15. The predicted octanol–water partition coefficient (Wildman–Crippen LogP) is 3.20. The lowest BCUT2D eigenvalue weighted by Crippen LogP contribution is -1.96. The third-order valence-electron chi connectivity index (χ3n) is 1.77. The number of nitrogens with zero attached hydrogens (tertiary/aromatic N) is 1. The largest absolute Gasteiger partial charge is 0.481 e. The second kappa shape index (κ2) is 6.14. The fraction of sp³-hybridized carbons (Fsp3) is 0.500. The molecule has 0 aromatic carbocycles. The van der Waals surface area contributed by atoms with Gasteiger partial charge in [0, 0.05) is 28.3 Å². The Balaban J connectivity index is 2.57. The molecule has 1 heterocycles. The summed E-state index contributed by atoms with van der Waals surface area (Å²) < 4.78 is 5.05. The number of hydrogen-bond acceptors (Lipinski definition) is 3. The summed E-state index contributed by atoms with van der Waals surface area (Å²) in [6, 6.07) is 3.92. The van der Waals surface area contributed by atoms with Gasteiger partial charge in [-0.2, -0.15) is 0 Å². The lowest BCUT2D eigenvalue weighted by Gasteiger charge is -2.09. The maximum Gasteiger partial charge on any atom is 0.214 e. The topological polar surface area (TPSA) is 22.1 Å². The Morgan fingerprint density at radius 2 is 2.43 bits per heavy atom. The van der Waals surface area contributed by atoms with E-state index in [2.05, 4.69) is 11.9 Å². The molecule has 78 valence electrons. The highest BCUT2D eigenvalue weighted by Crippen LogP contribution is 2.26. The lowest BCUT2D eigenvalue weighted by atomic mass is 10.4. The molecule has 1 aromatic heterocycles. The number of ether oxygens (including phenoxy) is 1. The Morgan fingerprint density at radius 3 is 3.07 bits per heavy atom. The summed E-state index contributed by atoms with van der Waals surface area (Å²) in [6.45, 7) is 2.17. The van der Waals surface area contributed by atoms with E-state index in [1.807, 2.05) is 12.1 Å². The van der Waals surface area contributed by atoms with Crippen LogP contribution in [0.1, 0.15) is 13.3 Å². The summed E-state index contributed by atoms with van der Waals surface area (Å²) in [5.74, 6) is 1.37. The van der Waals surface area contributed by atoms with Crippen LogP contribution in [0.3, 0.4) is 0 Å². The van der Waals surface area contributed by atoms with Gasteiger partial charge in [-0.3, -0.25) is 0 Å². The van der Waals surface area contributed by atoms with Gasteiger partial charge in [0.1, 0.15) is 0 Å². The van der Waals surface area contributed by atoms with Crippen molar-refractivity contribution in [1.29, 1.82) is 0 Å². The lowest BCUT2D eigenvalue weighted by molar-refractivity contribution is 0.396. The molecule has 1 unspecified atom stereocenters. The van der Waals surface area contributed by atoms with Crippen molar-refractivity contribution in [3.05, 3.63) is 18.3 Å². The maximum atomic E-state index is 5.67. The molecule has 14 heavy (non-hydrogen) atoms. The first-order valence-corrected chi connectivity index (χ1v) is 5.90. The Kier molecular flexibility index (Phi) is 5.12. The first kappa shape index (κ1) is 11.7. The SMILES string of the molecule is COc1cc(SC(C)CCCl)ccn1. The van der Waals surface area contributed by atoms with E-state index in [1.165, 1.54) is 4.90 Å². The van der Waals surface area contributed by atoms with Gasteiger partial charge in [-0.05, 0) is 12.5 Å². The molecule has 0 N–H and O–H groups in total. The van der Waals surface area contributed by atoms with Crippen molar-refractivity contribution >= 4 is 23.4 Å². The molecule has 0 radical (unpaired) electrons. The van der Waals surface area contributed by atoms with Gasteiger partial charge < -0.3 is 4.74 Å². The van der Waals surface area contributed by atoms with Crippen molar-refractivity contribution in [2.24, 2.45) is 0 Å². The van der Waals surface area contributed by atoms with Crippen molar-refractivity contribution < 1.29 is 4.74 Å². The summed E-state index contributed by atoms with van der Waals surface area (Å²) in [4.78, 5) is 5.22. The summed E-state index contributed by atoms with van der Waals surface area (Å²) in [5, 5.41) is 0.527. The molecular weight excluding hydrogens is 218 g/mol. The predicted molar refractivity (Wildman–Crippen MR) is 61.4 cm³/mol. The van der Waals surface area contributed by atoms with Gasteiger partial charge in [-0.15, -0.1) is 23.4 Å². The first-order valence-electron chi connectivity index (χ1n) is 4.49. The average Bonchev–Trinajstić information content (AvgIpc) is 2.18. The number of methoxy groups -OCH3 is 1. The van der Waals surface area contributed by atoms with E-state index < -0.39 is 0 Å². The number of halogens is 1. The monoisotopic (exact) mass is 231 g/mol. The number of alkyl halides is 1. The van der Waals surface area contributed by atoms with Crippen LogP contribution in [0.15, 0.2) is 23.2 Å². The van der Waals surface area contributed by atoms with Crippen molar-refractivity contribution in [2.75, 3.05) is 13.0 Å². The number of thioether (sulfide) groups is 1. The molecule has 0 fully saturated rings. The normalized spacial score (nSPS) is 12.5. The minimum Gasteiger partial charge on any atom is -0.481 e. The molecule has 2 nitrogen and oxygen atoms in total. The smallest absolute Gasteiger partial charge is 0.214 e.